The average Bonchev–Trinajstić information content (AvgIpc) is 3.84. The van der Waals surface area contributed by atoms with Crippen LogP contribution in [0.2, 0.25) is 0 Å². The molecule has 61 heavy (non-hydrogen) atoms. The van der Waals surface area contributed by atoms with Crippen molar-refractivity contribution in [1.82, 2.24) is 40.8 Å². The Labute approximate surface area is 357 Å². The first kappa shape index (κ1) is 46.5. The minimum Gasteiger partial charge on any atom is -0.465 e. The summed E-state index contributed by atoms with van der Waals surface area (Å²) in [5.74, 6) is -1.54. The third kappa shape index (κ3) is 12.7. The number of halogens is 3. The van der Waals surface area contributed by atoms with Crippen LogP contribution in [0.3, 0.4) is 0 Å². The number of urea groups is 1. The summed E-state index contributed by atoms with van der Waals surface area (Å²) in [6, 6.07) is 18.6. The monoisotopic (exact) mass is 866 g/mol. The van der Waals surface area contributed by atoms with Gasteiger partial charge in [-0.15, -0.1) is 11.3 Å². The van der Waals surface area contributed by atoms with E-state index in [1.807, 2.05) is 86.6 Å². The number of aromatic nitrogens is 2. The van der Waals surface area contributed by atoms with Gasteiger partial charge in [-0.1, -0.05) is 102 Å². The molecule has 4 aromatic rings. The fourth-order valence-corrected chi connectivity index (χ4v) is 7.80. The molecule has 5 rings (SSSR count). The van der Waals surface area contributed by atoms with Crippen molar-refractivity contribution in [3.05, 3.63) is 106 Å². The number of carbonyl (C=O) groups is 4. The van der Waals surface area contributed by atoms with E-state index in [0.29, 0.717) is 17.8 Å². The van der Waals surface area contributed by atoms with Crippen LogP contribution in [0.25, 0.3) is 11.3 Å². The minimum absolute atomic E-state index is 0.0816. The van der Waals surface area contributed by atoms with Gasteiger partial charge < -0.3 is 30.6 Å². The Balaban J connectivity index is 1.40. The lowest BCUT2D eigenvalue weighted by Crippen LogP contribution is -2.60. The zero-order chi connectivity index (χ0) is 44.5. The van der Waals surface area contributed by atoms with Crippen LogP contribution in [0.5, 0.6) is 0 Å². The van der Waals surface area contributed by atoms with E-state index in [9.17, 15) is 42.6 Å². The molecule has 0 radical (unpaired) electrons. The maximum atomic E-state index is 14.4. The van der Waals surface area contributed by atoms with E-state index in [1.54, 1.807) is 27.0 Å². The highest BCUT2D eigenvalue weighted by Crippen LogP contribution is 2.32. The summed E-state index contributed by atoms with van der Waals surface area (Å²) in [6.45, 7) is 8.87. The second-order valence-electron chi connectivity index (χ2n) is 16.3. The van der Waals surface area contributed by atoms with Crippen molar-refractivity contribution in [3.63, 3.8) is 0 Å². The van der Waals surface area contributed by atoms with Gasteiger partial charge in [-0.25, -0.2) is 19.6 Å². The van der Waals surface area contributed by atoms with Gasteiger partial charge in [0.1, 0.15) is 12.1 Å². The van der Waals surface area contributed by atoms with Crippen LogP contribution in [-0.2, 0) is 35.3 Å². The molecule has 2 aromatic carbocycles. The molecule has 5 N–H and O–H groups in total. The van der Waals surface area contributed by atoms with Crippen LogP contribution in [0.4, 0.5) is 22.8 Å². The standard InChI is InChI=1S/C43H53F3N8O6S/c1-6-27(2)35(54-21-20-52(41(54)60)24-31-26-61-39(48-31)43(44,45)46)37(56)49-33(22-28-12-8-7-9-13-28)34(55)25-53(51-38(57)36(42(3,4)5)50-40(58)59)23-29-15-17-30(18-16-29)32-14-10-11-19-47-32/h7-19,26-27,33-36,50,55H,6,20-25H2,1-5H3,(H,49,56)(H,51,57)(H,58,59)/t27-,33-,34-,35-,36+/m0/s1. The van der Waals surface area contributed by atoms with Crippen LogP contribution < -0.4 is 16.1 Å². The predicted molar refractivity (Wildman–Crippen MR) is 224 cm³/mol. The molecule has 0 bridgehead atoms. The van der Waals surface area contributed by atoms with Crippen LogP contribution in [-0.4, -0.2) is 103 Å². The molecule has 1 fully saturated rings. The number of amides is 5. The molecule has 3 heterocycles. The molecule has 1 aliphatic rings. The maximum Gasteiger partial charge on any atom is 0.443 e. The number of alkyl halides is 3. The highest BCUT2D eigenvalue weighted by atomic mass is 32.1. The number of carbonyl (C=O) groups excluding carboxylic acids is 3. The molecule has 2 aromatic heterocycles. The number of hydrogen-bond acceptors (Lipinski definition) is 9. The van der Waals surface area contributed by atoms with Crippen LogP contribution in [0.1, 0.15) is 62.9 Å². The Morgan fingerprint density at radius 1 is 0.934 bits per heavy atom. The Morgan fingerprint density at radius 3 is 2.21 bits per heavy atom. The lowest BCUT2D eigenvalue weighted by molar-refractivity contribution is -0.137. The normalized spacial score (nSPS) is 15.9. The molecule has 5 atom stereocenters. The lowest BCUT2D eigenvalue weighted by atomic mass is 9.86. The molecule has 0 spiro atoms. The molecule has 0 unspecified atom stereocenters. The van der Waals surface area contributed by atoms with Gasteiger partial charge in [0.05, 0.1) is 30.1 Å². The summed E-state index contributed by atoms with van der Waals surface area (Å²) in [5, 5.41) is 28.7. The molecule has 5 amide bonds. The number of rotatable bonds is 18. The van der Waals surface area contributed by atoms with Gasteiger partial charge in [0.25, 0.3) is 5.91 Å². The van der Waals surface area contributed by atoms with E-state index >= 15 is 0 Å². The fraction of sp³-hybridized carbons (Fsp3) is 0.442. The van der Waals surface area contributed by atoms with Crippen molar-refractivity contribution in [2.24, 2.45) is 11.3 Å². The second kappa shape index (κ2) is 20.3. The van der Waals surface area contributed by atoms with Crippen molar-refractivity contribution >= 4 is 35.3 Å². The van der Waals surface area contributed by atoms with Crippen molar-refractivity contribution in [1.29, 1.82) is 0 Å². The molecular weight excluding hydrogens is 814 g/mol. The number of hydrazine groups is 1. The van der Waals surface area contributed by atoms with Crippen LogP contribution in [0, 0.1) is 11.3 Å². The van der Waals surface area contributed by atoms with E-state index in [0.717, 1.165) is 22.4 Å². The van der Waals surface area contributed by atoms with Gasteiger partial charge in [0, 0.05) is 43.3 Å². The SMILES string of the molecule is CC[C@H](C)[C@@H](C(=O)N[C@@H](Cc1ccccc1)[C@@H](O)CN(Cc1ccc(-c2ccccn2)cc1)NC(=O)[C@@H](NC(=O)O)C(C)(C)C)N1CCN(Cc2csc(C(F)(F)F)n2)C1=O. The lowest BCUT2D eigenvalue weighted by Gasteiger charge is -2.36. The van der Waals surface area contributed by atoms with Gasteiger partial charge in [-0.2, -0.15) is 13.2 Å². The van der Waals surface area contributed by atoms with E-state index < -0.39 is 64.8 Å². The third-order valence-electron chi connectivity index (χ3n) is 10.5. The van der Waals surface area contributed by atoms with Crippen molar-refractivity contribution < 1.29 is 42.6 Å². The molecule has 328 valence electrons. The topological polar surface area (TPSA) is 180 Å². The number of aliphatic hydroxyl groups is 1. The van der Waals surface area contributed by atoms with Crippen molar-refractivity contribution in [2.45, 2.75) is 91.0 Å². The number of nitrogens with zero attached hydrogens (tertiary/aromatic N) is 5. The molecule has 0 aliphatic carbocycles. The molecule has 14 nitrogen and oxygen atoms in total. The number of benzene rings is 2. The largest absolute Gasteiger partial charge is 0.465 e. The Hall–Kier alpha value is -5.59. The van der Waals surface area contributed by atoms with Crippen molar-refractivity contribution in [2.75, 3.05) is 19.6 Å². The van der Waals surface area contributed by atoms with Gasteiger partial charge in [0.15, 0.2) is 5.01 Å². The van der Waals surface area contributed by atoms with Gasteiger partial charge in [-0.05, 0) is 41.0 Å². The number of hydrogen-bond donors (Lipinski definition) is 5. The molecular formula is C43H53F3N8O6S. The van der Waals surface area contributed by atoms with E-state index in [2.05, 4.69) is 26.0 Å². The van der Waals surface area contributed by atoms with E-state index in [1.165, 1.54) is 20.2 Å². The van der Waals surface area contributed by atoms with Gasteiger partial charge >= 0.3 is 18.3 Å². The molecule has 1 aliphatic heterocycles. The van der Waals surface area contributed by atoms with Gasteiger partial charge in [-0.3, -0.25) is 20.0 Å². The number of pyridine rings is 1. The van der Waals surface area contributed by atoms with E-state index in [-0.39, 0.29) is 50.8 Å². The summed E-state index contributed by atoms with van der Waals surface area (Å²) >= 11 is 0.452. The molecule has 0 saturated carbocycles. The molecule has 18 heteroatoms. The highest BCUT2D eigenvalue weighted by Gasteiger charge is 2.42. The summed E-state index contributed by atoms with van der Waals surface area (Å²) in [6.07, 6.45) is -4.95. The zero-order valence-electron chi connectivity index (χ0n) is 34.7. The number of aliphatic hydroxyl groups excluding tert-OH is 1. The Morgan fingerprint density at radius 2 is 1.62 bits per heavy atom. The zero-order valence-corrected chi connectivity index (χ0v) is 35.5. The highest BCUT2D eigenvalue weighted by molar-refractivity contribution is 7.09. The first-order valence-electron chi connectivity index (χ1n) is 20.0. The van der Waals surface area contributed by atoms with Gasteiger partial charge in [0.2, 0.25) is 5.91 Å². The predicted octanol–water partition coefficient (Wildman–Crippen LogP) is 6.18. The van der Waals surface area contributed by atoms with Crippen molar-refractivity contribution in [3.8, 4) is 11.3 Å². The van der Waals surface area contributed by atoms with Crippen LogP contribution >= 0.6 is 11.3 Å². The summed E-state index contributed by atoms with van der Waals surface area (Å²) in [7, 11) is 0. The van der Waals surface area contributed by atoms with E-state index in [4.69, 9.17) is 0 Å². The quantitative estimate of drug-likeness (QED) is 0.0731. The minimum atomic E-state index is -4.61. The third-order valence-corrected chi connectivity index (χ3v) is 11.4. The maximum absolute atomic E-state index is 14.4. The molecule has 1 saturated heterocycles. The first-order valence-corrected chi connectivity index (χ1v) is 20.9. The first-order chi connectivity index (χ1) is 28.8. The smallest absolute Gasteiger partial charge is 0.443 e. The number of nitrogens with one attached hydrogen (secondary N) is 3. The van der Waals surface area contributed by atoms with Crippen LogP contribution in [0.15, 0.2) is 84.4 Å². The average molecular weight is 867 g/mol. The number of carboxylic acid groups (broad SMARTS) is 1. The summed E-state index contributed by atoms with van der Waals surface area (Å²) < 4.78 is 39.7. The second-order valence-corrected chi connectivity index (χ2v) is 17.1. The summed E-state index contributed by atoms with van der Waals surface area (Å²) in [4.78, 5) is 64.6. The Bertz CT molecular complexity index is 2090. The fourth-order valence-electron chi connectivity index (χ4n) is 7.12. The Kier molecular flexibility index (Phi) is 15.5. The number of thiazole rings is 1. The summed E-state index contributed by atoms with van der Waals surface area (Å²) in [5.41, 5.74) is 5.24.